The number of amides is 1. The molecular weight excluding hydrogens is 256 g/mol. The Morgan fingerprint density at radius 2 is 2.21 bits per heavy atom. The molecule has 8 heteroatoms. The van der Waals surface area contributed by atoms with E-state index in [1.54, 1.807) is 0 Å². The van der Waals surface area contributed by atoms with E-state index < -0.39 is 22.7 Å². The molecule has 0 aromatic carbocycles. The van der Waals surface area contributed by atoms with Crippen LogP contribution < -0.4 is 5.32 Å². The van der Waals surface area contributed by atoms with Crippen molar-refractivity contribution in [1.29, 1.82) is 0 Å². The number of ether oxygens (including phenoxy) is 1. The van der Waals surface area contributed by atoms with Crippen LogP contribution >= 0.6 is 0 Å². The highest BCUT2D eigenvalue weighted by Crippen LogP contribution is 2.15. The van der Waals surface area contributed by atoms with Crippen LogP contribution in [0, 0.1) is 10.1 Å². The van der Waals surface area contributed by atoms with E-state index in [0.29, 0.717) is 6.61 Å². The SMILES string of the molecule is CCCCOC(=O)CNC(=O)c1ccc([N+](=O)[O-])o1. The van der Waals surface area contributed by atoms with Gasteiger partial charge in [0.05, 0.1) is 12.7 Å². The molecule has 0 spiro atoms. The van der Waals surface area contributed by atoms with Gasteiger partial charge in [-0.1, -0.05) is 13.3 Å². The molecule has 19 heavy (non-hydrogen) atoms. The summed E-state index contributed by atoms with van der Waals surface area (Å²) in [5.74, 6) is -2.04. The minimum atomic E-state index is -0.754. The fourth-order valence-electron chi connectivity index (χ4n) is 1.17. The monoisotopic (exact) mass is 270 g/mol. The minimum absolute atomic E-state index is 0.229. The van der Waals surface area contributed by atoms with Gasteiger partial charge < -0.3 is 14.5 Å². The number of hydrogen-bond donors (Lipinski definition) is 1. The van der Waals surface area contributed by atoms with Crippen molar-refractivity contribution in [1.82, 2.24) is 5.32 Å². The molecule has 104 valence electrons. The Morgan fingerprint density at radius 1 is 1.47 bits per heavy atom. The van der Waals surface area contributed by atoms with Crippen molar-refractivity contribution >= 4 is 17.8 Å². The fourth-order valence-corrected chi connectivity index (χ4v) is 1.17. The number of nitro groups is 1. The Kier molecular flexibility index (Phi) is 5.52. The van der Waals surface area contributed by atoms with Crippen LogP contribution in [0.1, 0.15) is 30.3 Å². The summed E-state index contributed by atoms with van der Waals surface area (Å²) >= 11 is 0. The second-order valence-corrected chi connectivity index (χ2v) is 3.65. The van der Waals surface area contributed by atoms with E-state index in [9.17, 15) is 19.7 Å². The topological polar surface area (TPSA) is 112 Å². The standard InChI is InChI=1S/C11H14N2O6/c1-2-3-6-18-10(14)7-12-11(15)8-4-5-9(19-8)13(16)17/h4-5H,2-3,6-7H2,1H3,(H,12,15). The molecule has 0 saturated carbocycles. The van der Waals surface area contributed by atoms with Gasteiger partial charge in [0.15, 0.2) is 5.76 Å². The van der Waals surface area contributed by atoms with Gasteiger partial charge in [-0.15, -0.1) is 0 Å². The lowest BCUT2D eigenvalue weighted by Crippen LogP contribution is -2.30. The molecule has 0 bridgehead atoms. The Bertz CT molecular complexity index is 468. The number of nitrogens with zero attached hydrogens (tertiary/aromatic N) is 1. The average molecular weight is 270 g/mol. The van der Waals surface area contributed by atoms with Gasteiger partial charge in [0, 0.05) is 0 Å². The molecule has 1 rings (SSSR count). The van der Waals surface area contributed by atoms with Crippen LogP contribution in [0.15, 0.2) is 16.5 Å². The maximum Gasteiger partial charge on any atom is 0.433 e. The summed E-state index contributed by atoms with van der Waals surface area (Å²) in [5, 5.41) is 12.6. The molecule has 0 atom stereocenters. The number of rotatable bonds is 7. The lowest BCUT2D eigenvalue weighted by molar-refractivity contribution is -0.402. The van der Waals surface area contributed by atoms with Crippen LogP contribution in [0.4, 0.5) is 5.88 Å². The summed E-state index contributed by atoms with van der Waals surface area (Å²) in [6.07, 6.45) is 1.65. The number of carbonyl (C=O) groups excluding carboxylic acids is 2. The first-order chi connectivity index (χ1) is 9.04. The number of unbranched alkanes of at least 4 members (excludes halogenated alkanes) is 1. The van der Waals surface area contributed by atoms with Crippen molar-refractivity contribution in [3.63, 3.8) is 0 Å². The van der Waals surface area contributed by atoms with Crippen LogP contribution in [0.5, 0.6) is 0 Å². The molecule has 1 amide bonds. The molecule has 8 nitrogen and oxygen atoms in total. The number of esters is 1. The summed E-state index contributed by atoms with van der Waals surface area (Å²) in [4.78, 5) is 32.3. The highest BCUT2D eigenvalue weighted by Gasteiger charge is 2.17. The Balaban J connectivity index is 2.38. The van der Waals surface area contributed by atoms with E-state index in [0.717, 1.165) is 25.0 Å². The van der Waals surface area contributed by atoms with Crippen molar-refractivity contribution in [2.24, 2.45) is 0 Å². The fraction of sp³-hybridized carbons (Fsp3) is 0.455. The molecule has 1 aromatic heterocycles. The van der Waals surface area contributed by atoms with E-state index in [1.807, 2.05) is 6.92 Å². The highest BCUT2D eigenvalue weighted by molar-refractivity contribution is 5.93. The second-order valence-electron chi connectivity index (χ2n) is 3.65. The van der Waals surface area contributed by atoms with E-state index in [1.165, 1.54) is 0 Å². The summed E-state index contributed by atoms with van der Waals surface area (Å²) in [5.41, 5.74) is 0. The molecule has 1 N–H and O–H groups in total. The Hall–Kier alpha value is -2.38. The maximum atomic E-state index is 11.5. The first-order valence-electron chi connectivity index (χ1n) is 5.72. The first kappa shape index (κ1) is 14.7. The normalized spacial score (nSPS) is 9.95. The summed E-state index contributed by atoms with van der Waals surface area (Å²) in [6, 6.07) is 2.23. The number of furan rings is 1. The zero-order chi connectivity index (χ0) is 14.3. The third kappa shape index (κ3) is 4.78. The van der Waals surface area contributed by atoms with Gasteiger partial charge >= 0.3 is 11.9 Å². The molecule has 1 heterocycles. The number of hydrogen-bond acceptors (Lipinski definition) is 6. The summed E-state index contributed by atoms with van der Waals surface area (Å²) < 4.78 is 9.49. The summed E-state index contributed by atoms with van der Waals surface area (Å²) in [6.45, 7) is 1.95. The molecular formula is C11H14N2O6. The molecule has 0 fully saturated rings. The quantitative estimate of drug-likeness (QED) is 0.345. The lowest BCUT2D eigenvalue weighted by Gasteiger charge is -2.04. The van der Waals surface area contributed by atoms with Crippen molar-refractivity contribution < 1.29 is 23.7 Å². The third-order valence-electron chi connectivity index (χ3n) is 2.15. The van der Waals surface area contributed by atoms with E-state index >= 15 is 0 Å². The van der Waals surface area contributed by atoms with Gasteiger partial charge in [0.1, 0.15) is 11.5 Å². The first-order valence-corrected chi connectivity index (χ1v) is 5.72. The molecule has 0 saturated heterocycles. The van der Waals surface area contributed by atoms with Gasteiger partial charge in [0.2, 0.25) is 0 Å². The van der Waals surface area contributed by atoms with Crippen molar-refractivity contribution in [2.45, 2.75) is 19.8 Å². The van der Waals surface area contributed by atoms with Crippen molar-refractivity contribution in [3.05, 3.63) is 28.0 Å². The van der Waals surface area contributed by atoms with Crippen LogP contribution in [0.3, 0.4) is 0 Å². The second kappa shape index (κ2) is 7.14. The zero-order valence-corrected chi connectivity index (χ0v) is 10.4. The Labute approximate surface area is 108 Å². The zero-order valence-electron chi connectivity index (χ0n) is 10.4. The van der Waals surface area contributed by atoms with Crippen molar-refractivity contribution in [3.8, 4) is 0 Å². The van der Waals surface area contributed by atoms with Crippen LogP contribution in [-0.4, -0.2) is 30.0 Å². The minimum Gasteiger partial charge on any atom is -0.464 e. The van der Waals surface area contributed by atoms with Gasteiger partial charge in [-0.2, -0.15) is 0 Å². The van der Waals surface area contributed by atoms with Crippen molar-refractivity contribution in [2.75, 3.05) is 13.2 Å². The molecule has 0 aliphatic carbocycles. The molecule has 1 aromatic rings. The Morgan fingerprint density at radius 3 is 2.79 bits per heavy atom. The molecule has 0 aliphatic rings. The summed E-state index contributed by atoms with van der Waals surface area (Å²) in [7, 11) is 0. The third-order valence-corrected chi connectivity index (χ3v) is 2.15. The van der Waals surface area contributed by atoms with Gasteiger partial charge in [-0.3, -0.25) is 19.7 Å². The van der Waals surface area contributed by atoms with E-state index in [4.69, 9.17) is 4.74 Å². The predicted molar refractivity (Wildman–Crippen MR) is 63.6 cm³/mol. The van der Waals surface area contributed by atoms with Gasteiger partial charge in [-0.25, -0.2) is 0 Å². The molecule has 0 radical (unpaired) electrons. The smallest absolute Gasteiger partial charge is 0.433 e. The van der Waals surface area contributed by atoms with Crippen LogP contribution in [-0.2, 0) is 9.53 Å². The van der Waals surface area contributed by atoms with Crippen LogP contribution in [0.2, 0.25) is 0 Å². The maximum absolute atomic E-state index is 11.5. The number of nitrogens with one attached hydrogen (secondary N) is 1. The van der Waals surface area contributed by atoms with E-state index in [-0.39, 0.29) is 12.3 Å². The molecule has 0 unspecified atom stereocenters. The van der Waals surface area contributed by atoms with E-state index in [2.05, 4.69) is 9.73 Å². The predicted octanol–water partition coefficient (Wildman–Crippen LogP) is 1.26. The largest absolute Gasteiger partial charge is 0.464 e. The average Bonchev–Trinajstić information content (AvgIpc) is 2.86. The number of carbonyl (C=O) groups is 2. The highest BCUT2D eigenvalue weighted by atomic mass is 16.6. The molecule has 0 aliphatic heterocycles. The van der Waals surface area contributed by atoms with Gasteiger partial charge in [-0.05, 0) is 12.5 Å². The lowest BCUT2D eigenvalue weighted by atomic mass is 10.4. The van der Waals surface area contributed by atoms with Crippen LogP contribution in [0.25, 0.3) is 0 Å². The van der Waals surface area contributed by atoms with Gasteiger partial charge in [0.25, 0.3) is 5.91 Å².